The summed E-state index contributed by atoms with van der Waals surface area (Å²) in [5, 5.41) is 4.35. The van der Waals surface area contributed by atoms with Gasteiger partial charge in [-0.05, 0) is 32.3 Å². The van der Waals surface area contributed by atoms with Crippen molar-refractivity contribution in [2.75, 3.05) is 17.7 Å². The van der Waals surface area contributed by atoms with Crippen LogP contribution in [0.1, 0.15) is 43.1 Å². The Morgan fingerprint density at radius 3 is 2.52 bits per heavy atom. The van der Waals surface area contributed by atoms with Gasteiger partial charge in [0.25, 0.3) is 5.56 Å². The van der Waals surface area contributed by atoms with E-state index in [4.69, 9.17) is 5.73 Å². The fraction of sp³-hybridized carbons (Fsp3) is 0.556. The standard InChI is InChI=1S/C18H28N6O3/c1-6-7-10-24-16(19)15(17(26)20-18(24)27)22(4)14(25)9-8-13-11(2)21-23(5)12(13)3/h6-10,19H2,1-5H3,(H,20,26,27). The second-order valence-electron chi connectivity index (χ2n) is 6.72. The number of nitrogens with zero attached hydrogens (tertiary/aromatic N) is 4. The Bertz CT molecular complexity index is 953. The highest BCUT2D eigenvalue weighted by Crippen LogP contribution is 2.19. The third-order valence-electron chi connectivity index (χ3n) is 4.91. The van der Waals surface area contributed by atoms with Crippen molar-refractivity contribution in [2.24, 2.45) is 7.05 Å². The Kier molecular flexibility index (Phi) is 6.24. The minimum atomic E-state index is -0.658. The zero-order chi connectivity index (χ0) is 20.3. The first-order valence-electron chi connectivity index (χ1n) is 9.07. The number of hydrogen-bond acceptors (Lipinski definition) is 5. The highest BCUT2D eigenvalue weighted by atomic mass is 16.2. The average Bonchev–Trinajstić information content (AvgIpc) is 2.84. The number of carbonyl (C=O) groups excluding carboxylic acids is 1. The molecule has 0 radical (unpaired) electrons. The number of hydrogen-bond donors (Lipinski definition) is 2. The molecule has 0 saturated carbocycles. The van der Waals surface area contributed by atoms with Crippen LogP contribution in [0, 0.1) is 13.8 Å². The summed E-state index contributed by atoms with van der Waals surface area (Å²) in [5.74, 6) is -0.239. The predicted molar refractivity (Wildman–Crippen MR) is 105 cm³/mol. The summed E-state index contributed by atoms with van der Waals surface area (Å²) in [5.41, 5.74) is 7.77. The Morgan fingerprint density at radius 1 is 1.30 bits per heavy atom. The van der Waals surface area contributed by atoms with Crippen molar-refractivity contribution in [1.82, 2.24) is 19.3 Å². The van der Waals surface area contributed by atoms with Gasteiger partial charge < -0.3 is 10.6 Å². The largest absolute Gasteiger partial charge is 0.383 e. The maximum absolute atomic E-state index is 12.7. The zero-order valence-corrected chi connectivity index (χ0v) is 16.6. The summed E-state index contributed by atoms with van der Waals surface area (Å²) < 4.78 is 3.09. The van der Waals surface area contributed by atoms with Crippen molar-refractivity contribution in [3.8, 4) is 0 Å². The zero-order valence-electron chi connectivity index (χ0n) is 16.6. The van der Waals surface area contributed by atoms with Gasteiger partial charge in [0.1, 0.15) is 5.82 Å². The first-order chi connectivity index (χ1) is 12.7. The number of nitrogens with one attached hydrogen (secondary N) is 1. The first kappa shape index (κ1) is 20.5. The molecule has 0 atom stereocenters. The van der Waals surface area contributed by atoms with Gasteiger partial charge in [-0.3, -0.25) is 23.8 Å². The highest BCUT2D eigenvalue weighted by molar-refractivity contribution is 5.95. The van der Waals surface area contributed by atoms with Crippen LogP contribution in [0.5, 0.6) is 0 Å². The van der Waals surface area contributed by atoms with E-state index in [-0.39, 0.29) is 23.8 Å². The van der Waals surface area contributed by atoms with Crippen LogP contribution in [-0.4, -0.2) is 32.3 Å². The smallest absolute Gasteiger partial charge is 0.330 e. The Balaban J connectivity index is 2.26. The van der Waals surface area contributed by atoms with Crippen molar-refractivity contribution in [3.05, 3.63) is 37.8 Å². The molecule has 2 rings (SSSR count). The third kappa shape index (κ3) is 4.12. The molecule has 9 heteroatoms. The molecule has 0 saturated heterocycles. The second kappa shape index (κ2) is 8.24. The molecular formula is C18H28N6O3. The number of carbonyl (C=O) groups is 1. The molecule has 0 aromatic carbocycles. The number of nitrogen functional groups attached to an aromatic ring is 1. The molecule has 2 heterocycles. The van der Waals surface area contributed by atoms with E-state index in [1.165, 1.54) is 16.5 Å². The van der Waals surface area contributed by atoms with E-state index in [1.54, 1.807) is 4.68 Å². The molecule has 0 spiro atoms. The molecule has 3 N–H and O–H groups in total. The van der Waals surface area contributed by atoms with Gasteiger partial charge in [0.05, 0.1) is 5.69 Å². The molecular weight excluding hydrogens is 348 g/mol. The van der Waals surface area contributed by atoms with Crippen LogP contribution >= 0.6 is 0 Å². The van der Waals surface area contributed by atoms with Crippen LogP contribution in [0.4, 0.5) is 11.5 Å². The lowest BCUT2D eigenvalue weighted by Gasteiger charge is -2.20. The molecule has 0 aliphatic carbocycles. The lowest BCUT2D eigenvalue weighted by Crippen LogP contribution is -2.39. The number of aryl methyl sites for hydroxylation is 2. The van der Waals surface area contributed by atoms with E-state index >= 15 is 0 Å². The number of aromatic amines is 1. The first-order valence-corrected chi connectivity index (χ1v) is 9.07. The van der Waals surface area contributed by atoms with E-state index in [1.807, 2.05) is 27.8 Å². The van der Waals surface area contributed by atoms with E-state index < -0.39 is 11.2 Å². The summed E-state index contributed by atoms with van der Waals surface area (Å²) >= 11 is 0. The molecule has 2 aromatic heterocycles. The van der Waals surface area contributed by atoms with Crippen LogP contribution in [-0.2, 0) is 24.8 Å². The van der Waals surface area contributed by atoms with Crippen molar-refractivity contribution in [2.45, 2.75) is 53.0 Å². The van der Waals surface area contributed by atoms with Gasteiger partial charge in [0.15, 0.2) is 5.69 Å². The maximum atomic E-state index is 12.7. The van der Waals surface area contributed by atoms with E-state index in [0.29, 0.717) is 13.0 Å². The fourth-order valence-electron chi connectivity index (χ4n) is 3.14. The number of rotatable bonds is 7. The SMILES string of the molecule is CCCCn1c(N)c(N(C)C(=O)CCc2c(C)nn(C)c2C)c(=O)[nH]c1=O. The Hall–Kier alpha value is -2.84. The number of aromatic nitrogens is 4. The Labute approximate surface area is 157 Å². The number of nitrogens with two attached hydrogens (primary N) is 1. The Morgan fingerprint density at radius 2 is 1.96 bits per heavy atom. The molecule has 0 aliphatic rings. The normalized spacial score (nSPS) is 11.0. The van der Waals surface area contributed by atoms with Crippen LogP contribution in [0.15, 0.2) is 9.59 Å². The molecule has 0 fully saturated rings. The van der Waals surface area contributed by atoms with E-state index in [2.05, 4.69) is 10.1 Å². The monoisotopic (exact) mass is 376 g/mol. The van der Waals surface area contributed by atoms with Crippen LogP contribution < -0.4 is 21.9 Å². The summed E-state index contributed by atoms with van der Waals surface area (Å²) in [6.07, 6.45) is 2.34. The second-order valence-corrected chi connectivity index (χ2v) is 6.72. The number of unbranched alkanes of at least 4 members (excludes halogenated alkanes) is 1. The third-order valence-corrected chi connectivity index (χ3v) is 4.91. The quantitative estimate of drug-likeness (QED) is 0.743. The fourth-order valence-corrected chi connectivity index (χ4v) is 3.14. The number of H-pyrrole nitrogens is 1. The molecule has 0 aliphatic heterocycles. The van der Waals surface area contributed by atoms with Crippen molar-refractivity contribution < 1.29 is 4.79 Å². The maximum Gasteiger partial charge on any atom is 0.330 e. The molecule has 0 bridgehead atoms. The van der Waals surface area contributed by atoms with Crippen LogP contribution in [0.3, 0.4) is 0 Å². The summed E-state index contributed by atoms with van der Waals surface area (Å²) in [6.45, 7) is 6.24. The van der Waals surface area contributed by atoms with Gasteiger partial charge >= 0.3 is 5.69 Å². The molecule has 1 amide bonds. The van der Waals surface area contributed by atoms with Crippen molar-refractivity contribution in [1.29, 1.82) is 0 Å². The van der Waals surface area contributed by atoms with Crippen molar-refractivity contribution in [3.63, 3.8) is 0 Å². The van der Waals surface area contributed by atoms with Gasteiger partial charge in [-0.25, -0.2) is 4.79 Å². The lowest BCUT2D eigenvalue weighted by atomic mass is 10.1. The molecule has 9 nitrogen and oxygen atoms in total. The number of anilines is 2. The molecule has 2 aromatic rings. The average molecular weight is 376 g/mol. The molecule has 148 valence electrons. The minimum absolute atomic E-state index is 0.00957. The van der Waals surface area contributed by atoms with Gasteiger partial charge in [-0.15, -0.1) is 0 Å². The summed E-state index contributed by atoms with van der Waals surface area (Å²) in [4.78, 5) is 40.4. The van der Waals surface area contributed by atoms with E-state index in [9.17, 15) is 14.4 Å². The van der Waals surface area contributed by atoms with Crippen molar-refractivity contribution >= 4 is 17.4 Å². The van der Waals surface area contributed by atoms with Gasteiger partial charge in [-0.1, -0.05) is 13.3 Å². The van der Waals surface area contributed by atoms with Crippen LogP contribution in [0.2, 0.25) is 0 Å². The van der Waals surface area contributed by atoms with Gasteiger partial charge in [-0.2, -0.15) is 5.10 Å². The summed E-state index contributed by atoms with van der Waals surface area (Å²) in [7, 11) is 3.36. The lowest BCUT2D eigenvalue weighted by molar-refractivity contribution is -0.118. The topological polar surface area (TPSA) is 119 Å². The van der Waals surface area contributed by atoms with Gasteiger partial charge in [0, 0.05) is 32.8 Å². The highest BCUT2D eigenvalue weighted by Gasteiger charge is 2.21. The molecule has 0 unspecified atom stereocenters. The van der Waals surface area contributed by atoms with Gasteiger partial charge in [0.2, 0.25) is 5.91 Å². The number of amides is 1. The van der Waals surface area contributed by atoms with E-state index in [0.717, 1.165) is 29.8 Å². The minimum Gasteiger partial charge on any atom is -0.383 e. The molecule has 27 heavy (non-hydrogen) atoms. The summed E-state index contributed by atoms with van der Waals surface area (Å²) in [6, 6.07) is 0. The predicted octanol–water partition coefficient (Wildman–Crippen LogP) is 0.865. The van der Waals surface area contributed by atoms with Crippen LogP contribution in [0.25, 0.3) is 0 Å².